The highest BCUT2D eigenvalue weighted by Crippen LogP contribution is 2.17. The van der Waals surface area contributed by atoms with Gasteiger partial charge < -0.3 is 9.59 Å². The van der Waals surface area contributed by atoms with E-state index in [0.29, 0.717) is 11.0 Å². The quantitative estimate of drug-likeness (QED) is 0.661. The Kier molecular flexibility index (Phi) is 3.64. The van der Waals surface area contributed by atoms with Crippen LogP contribution in [0.3, 0.4) is 0 Å². The van der Waals surface area contributed by atoms with Crippen molar-refractivity contribution in [2.45, 2.75) is 26.9 Å². The third-order valence-electron chi connectivity index (χ3n) is 1.76. The number of likely N-dealkylation sites (N-methyl/N-ethyl adjacent to an activating group) is 1. The van der Waals surface area contributed by atoms with Crippen LogP contribution in [-0.4, -0.2) is 49.2 Å². The second kappa shape index (κ2) is 3.76. The average Bonchev–Trinajstić information content (AvgIpc) is 1.79. The van der Waals surface area contributed by atoms with Crippen LogP contribution in [0.4, 0.5) is 0 Å². The highest BCUT2D eigenvalue weighted by Gasteiger charge is 2.31. The molecule has 0 spiro atoms. The first kappa shape index (κ1) is 12.6. The van der Waals surface area contributed by atoms with E-state index in [1.807, 2.05) is 41.9 Å². The van der Waals surface area contributed by atoms with Crippen molar-refractivity contribution >= 4 is 5.78 Å². The summed E-state index contributed by atoms with van der Waals surface area (Å²) in [6.45, 7) is 5.95. The molecular formula is C10H22NO2+. The molecule has 0 aromatic rings. The first-order valence-electron chi connectivity index (χ1n) is 4.57. The number of ketones is 1. The standard InChI is InChI=1S/C10H22NO2/c1-10(2,3)9(13)8(12)7-11(4,5)6/h8,12H,7H2,1-6H3/q+1. The summed E-state index contributed by atoms with van der Waals surface area (Å²) in [5.74, 6) is -0.0828. The van der Waals surface area contributed by atoms with Crippen molar-refractivity contribution in [3.63, 3.8) is 0 Å². The molecule has 0 rings (SSSR count). The van der Waals surface area contributed by atoms with Gasteiger partial charge in [-0.15, -0.1) is 0 Å². The summed E-state index contributed by atoms with van der Waals surface area (Å²) >= 11 is 0. The fourth-order valence-corrected chi connectivity index (χ4v) is 1.10. The number of Topliss-reactive ketones (excluding diaryl/α,β-unsaturated/α-hetero) is 1. The van der Waals surface area contributed by atoms with E-state index in [2.05, 4.69) is 0 Å². The fraction of sp³-hybridized carbons (Fsp3) is 0.900. The van der Waals surface area contributed by atoms with E-state index in [9.17, 15) is 9.90 Å². The van der Waals surface area contributed by atoms with Gasteiger partial charge in [-0.05, 0) is 0 Å². The number of quaternary nitrogens is 1. The number of carbonyl (C=O) groups is 1. The molecule has 0 fully saturated rings. The molecule has 0 amide bonds. The first-order chi connectivity index (χ1) is 5.54. The third kappa shape index (κ3) is 5.01. The lowest BCUT2D eigenvalue weighted by atomic mass is 9.87. The van der Waals surface area contributed by atoms with Crippen LogP contribution in [0.1, 0.15) is 20.8 Å². The minimum Gasteiger partial charge on any atom is -0.380 e. The topological polar surface area (TPSA) is 37.3 Å². The van der Waals surface area contributed by atoms with Gasteiger partial charge in [0.2, 0.25) is 0 Å². The van der Waals surface area contributed by atoms with Crippen LogP contribution in [0.25, 0.3) is 0 Å². The molecule has 78 valence electrons. The number of nitrogens with zero attached hydrogens (tertiary/aromatic N) is 1. The van der Waals surface area contributed by atoms with Gasteiger partial charge in [0.05, 0.1) is 21.1 Å². The van der Waals surface area contributed by atoms with Gasteiger partial charge in [-0.25, -0.2) is 0 Å². The average molecular weight is 188 g/mol. The number of rotatable bonds is 3. The van der Waals surface area contributed by atoms with Crippen LogP contribution in [-0.2, 0) is 4.79 Å². The predicted octanol–water partition coefficient (Wildman–Crippen LogP) is 0.669. The van der Waals surface area contributed by atoms with E-state index in [0.717, 1.165) is 0 Å². The number of aliphatic hydroxyl groups is 1. The number of aliphatic hydroxyl groups excluding tert-OH is 1. The molecule has 0 aliphatic carbocycles. The second-order valence-electron chi connectivity index (χ2n) is 5.60. The summed E-state index contributed by atoms with van der Waals surface area (Å²) in [7, 11) is 5.87. The lowest BCUT2D eigenvalue weighted by molar-refractivity contribution is -0.872. The lowest BCUT2D eigenvalue weighted by Crippen LogP contribution is -2.47. The molecule has 1 atom stereocenters. The maximum atomic E-state index is 11.6. The molecule has 1 unspecified atom stereocenters. The Morgan fingerprint density at radius 3 is 1.92 bits per heavy atom. The van der Waals surface area contributed by atoms with Crippen molar-refractivity contribution < 1.29 is 14.4 Å². The van der Waals surface area contributed by atoms with E-state index in [4.69, 9.17) is 0 Å². The van der Waals surface area contributed by atoms with Crippen LogP contribution >= 0.6 is 0 Å². The van der Waals surface area contributed by atoms with E-state index >= 15 is 0 Å². The molecular weight excluding hydrogens is 166 g/mol. The van der Waals surface area contributed by atoms with Gasteiger partial charge in [-0.3, -0.25) is 4.79 Å². The molecule has 0 aromatic carbocycles. The molecule has 0 aliphatic heterocycles. The Labute approximate surface area is 80.9 Å². The molecule has 0 aliphatic rings. The molecule has 1 N–H and O–H groups in total. The van der Waals surface area contributed by atoms with Crippen LogP contribution in [0, 0.1) is 5.41 Å². The van der Waals surface area contributed by atoms with Gasteiger partial charge >= 0.3 is 0 Å². The Balaban J connectivity index is 4.30. The summed E-state index contributed by atoms with van der Waals surface area (Å²) in [4.78, 5) is 11.6. The van der Waals surface area contributed by atoms with Gasteiger partial charge in [-0.1, -0.05) is 20.8 Å². The Morgan fingerprint density at radius 1 is 1.31 bits per heavy atom. The van der Waals surface area contributed by atoms with Crippen LogP contribution in [0.5, 0.6) is 0 Å². The van der Waals surface area contributed by atoms with Gasteiger partial charge in [0.1, 0.15) is 6.54 Å². The molecule has 0 bridgehead atoms. The minimum atomic E-state index is -0.847. The molecule has 0 saturated heterocycles. The number of hydrogen-bond acceptors (Lipinski definition) is 2. The Hall–Kier alpha value is -0.410. The normalized spacial score (nSPS) is 15.6. The third-order valence-corrected chi connectivity index (χ3v) is 1.76. The SMILES string of the molecule is CC(C)(C)C(=O)C(O)C[N+](C)(C)C. The summed E-state index contributed by atoms with van der Waals surface area (Å²) in [5.41, 5.74) is -0.450. The van der Waals surface area contributed by atoms with E-state index in [1.165, 1.54) is 0 Å². The van der Waals surface area contributed by atoms with Gasteiger partial charge in [0, 0.05) is 5.41 Å². The minimum absolute atomic E-state index is 0.0828. The number of hydrogen-bond donors (Lipinski definition) is 1. The van der Waals surface area contributed by atoms with Crippen LogP contribution < -0.4 is 0 Å². The maximum Gasteiger partial charge on any atom is 0.172 e. The molecule has 3 nitrogen and oxygen atoms in total. The summed E-state index contributed by atoms with van der Waals surface area (Å²) in [6.07, 6.45) is -0.847. The van der Waals surface area contributed by atoms with Crippen molar-refractivity contribution in [3.05, 3.63) is 0 Å². The molecule has 0 heterocycles. The van der Waals surface area contributed by atoms with E-state index < -0.39 is 11.5 Å². The fourth-order valence-electron chi connectivity index (χ4n) is 1.10. The highest BCUT2D eigenvalue weighted by atomic mass is 16.3. The summed E-state index contributed by atoms with van der Waals surface area (Å²) in [6, 6.07) is 0. The van der Waals surface area contributed by atoms with Crippen molar-refractivity contribution in [1.82, 2.24) is 0 Å². The van der Waals surface area contributed by atoms with Crippen LogP contribution in [0.15, 0.2) is 0 Å². The summed E-state index contributed by atoms with van der Waals surface area (Å²) in [5, 5.41) is 9.62. The van der Waals surface area contributed by atoms with Crippen molar-refractivity contribution in [3.8, 4) is 0 Å². The van der Waals surface area contributed by atoms with Crippen LogP contribution in [0.2, 0.25) is 0 Å². The maximum absolute atomic E-state index is 11.6. The van der Waals surface area contributed by atoms with Crippen molar-refractivity contribution in [1.29, 1.82) is 0 Å². The van der Waals surface area contributed by atoms with Gasteiger partial charge in [-0.2, -0.15) is 0 Å². The van der Waals surface area contributed by atoms with Gasteiger partial charge in [0.25, 0.3) is 0 Å². The second-order valence-corrected chi connectivity index (χ2v) is 5.60. The van der Waals surface area contributed by atoms with Crippen molar-refractivity contribution in [2.75, 3.05) is 27.7 Å². The predicted molar refractivity (Wildman–Crippen MR) is 53.4 cm³/mol. The lowest BCUT2D eigenvalue weighted by Gasteiger charge is -2.28. The highest BCUT2D eigenvalue weighted by molar-refractivity contribution is 5.87. The molecule has 3 heteroatoms. The Bertz CT molecular complexity index is 186. The summed E-state index contributed by atoms with van der Waals surface area (Å²) < 4.78 is 0.600. The zero-order valence-electron chi connectivity index (χ0n) is 9.59. The van der Waals surface area contributed by atoms with E-state index in [-0.39, 0.29) is 5.78 Å². The molecule has 0 radical (unpaired) electrons. The largest absolute Gasteiger partial charge is 0.380 e. The number of carbonyl (C=O) groups excluding carboxylic acids is 1. The smallest absolute Gasteiger partial charge is 0.172 e. The molecule has 13 heavy (non-hydrogen) atoms. The van der Waals surface area contributed by atoms with E-state index in [1.54, 1.807) is 0 Å². The first-order valence-corrected chi connectivity index (χ1v) is 4.57. The monoisotopic (exact) mass is 188 g/mol. The molecule has 0 aromatic heterocycles. The van der Waals surface area contributed by atoms with Gasteiger partial charge in [0.15, 0.2) is 11.9 Å². The van der Waals surface area contributed by atoms with Crippen molar-refractivity contribution in [2.24, 2.45) is 5.41 Å². The zero-order chi connectivity index (χ0) is 10.9. The molecule has 0 saturated carbocycles. The zero-order valence-corrected chi connectivity index (χ0v) is 9.59. The Morgan fingerprint density at radius 2 is 1.69 bits per heavy atom.